The zero-order valence-electron chi connectivity index (χ0n) is 23.2. The molecule has 0 aliphatic carbocycles. The first-order valence-corrected chi connectivity index (χ1v) is 15.4. The molecule has 9 unspecified atom stereocenters. The van der Waals surface area contributed by atoms with Gasteiger partial charge < -0.3 is 40.6 Å². The van der Waals surface area contributed by atoms with Crippen LogP contribution in [0.15, 0.2) is 49.1 Å². The number of carboxylic acid groups (broad SMARTS) is 1. The van der Waals surface area contributed by atoms with Gasteiger partial charge >= 0.3 is 5.97 Å². The highest BCUT2D eigenvalue weighted by molar-refractivity contribution is 7.67. The minimum absolute atomic E-state index is 0.0748. The summed E-state index contributed by atoms with van der Waals surface area (Å²) >= 11 is 0. The lowest BCUT2D eigenvalue weighted by Crippen LogP contribution is -2.54. The lowest BCUT2D eigenvalue weighted by molar-refractivity contribution is -0.163. The van der Waals surface area contributed by atoms with Crippen molar-refractivity contribution in [2.24, 2.45) is 5.84 Å². The van der Waals surface area contributed by atoms with E-state index in [2.05, 4.69) is 26.0 Å². The van der Waals surface area contributed by atoms with Gasteiger partial charge in [0.1, 0.15) is 29.9 Å². The number of aliphatic hydroxyl groups is 3. The second-order valence-corrected chi connectivity index (χ2v) is 13.3. The van der Waals surface area contributed by atoms with Gasteiger partial charge in [-0.15, -0.1) is 5.10 Å². The first kappa shape index (κ1) is 31.3. The van der Waals surface area contributed by atoms with Crippen molar-refractivity contribution in [3.63, 3.8) is 0 Å². The molecule has 3 aliphatic heterocycles. The summed E-state index contributed by atoms with van der Waals surface area (Å²) in [6.07, 6.45) is 0.959. The van der Waals surface area contributed by atoms with Crippen molar-refractivity contribution in [1.29, 1.82) is 0 Å². The van der Waals surface area contributed by atoms with Crippen molar-refractivity contribution in [2.75, 3.05) is 6.61 Å². The number of aliphatic hydroxyl groups excluding tert-OH is 3. The molecule has 1 aromatic carbocycles. The molecule has 45 heavy (non-hydrogen) atoms. The summed E-state index contributed by atoms with van der Waals surface area (Å²) in [6.45, 7) is -0.504. The van der Waals surface area contributed by atoms with E-state index < -0.39 is 91.8 Å². The molecule has 3 saturated heterocycles. The highest BCUT2D eigenvalue weighted by Crippen LogP contribution is 2.76. The van der Waals surface area contributed by atoms with Gasteiger partial charge in [-0.3, -0.25) is 10.8 Å². The zero-order chi connectivity index (χ0) is 32.0. The number of nitrogens with one attached hydrogen (secondary N) is 2. The Hall–Kier alpha value is -3.70. The van der Waals surface area contributed by atoms with Gasteiger partial charge in [-0.05, 0) is 32.2 Å². The first-order valence-electron chi connectivity index (χ1n) is 13.8. The number of carbonyl (C=O) groups is 1. The summed E-state index contributed by atoms with van der Waals surface area (Å²) in [5, 5.41) is 53.7. The average molecular weight is 652 g/mol. The molecule has 0 spiro atoms. The predicted octanol–water partition coefficient (Wildman–Crippen LogP) is 0.221. The Kier molecular flexibility index (Phi) is 8.76. The summed E-state index contributed by atoms with van der Waals surface area (Å²) in [4.78, 5) is 16.1. The number of halogens is 3. The number of benzene rings is 1. The molecule has 0 radical (unpaired) electrons. The highest BCUT2D eigenvalue weighted by atomic mass is 31.1. The van der Waals surface area contributed by atoms with Gasteiger partial charge in [0.25, 0.3) is 0 Å². The number of pyridine rings is 1. The third-order valence-electron chi connectivity index (χ3n) is 8.14. The Labute approximate surface area is 254 Å². The van der Waals surface area contributed by atoms with Crippen LogP contribution in [0.5, 0.6) is 0 Å². The molecular weight excluding hydrogens is 622 g/mol. The molecule has 2 aromatic heterocycles. The van der Waals surface area contributed by atoms with Crippen molar-refractivity contribution < 1.29 is 47.9 Å². The number of rotatable bonds is 9. The van der Waals surface area contributed by atoms with Crippen molar-refractivity contribution in [1.82, 2.24) is 30.7 Å². The number of nitrogens with two attached hydrogens (primary N) is 1. The van der Waals surface area contributed by atoms with Crippen LogP contribution in [-0.2, 0) is 14.3 Å². The van der Waals surface area contributed by atoms with E-state index >= 15 is 0 Å². The minimum atomic E-state index is -1.66. The van der Waals surface area contributed by atoms with Crippen LogP contribution in [0.3, 0.4) is 0 Å². The van der Waals surface area contributed by atoms with Crippen LogP contribution in [-0.4, -0.2) is 101 Å². The monoisotopic (exact) mass is 651 g/mol. The maximum atomic E-state index is 13.8. The fraction of sp³-hybridized carbons (Fsp3) is 0.407. The smallest absolute Gasteiger partial charge is 0.332 e. The van der Waals surface area contributed by atoms with Crippen molar-refractivity contribution >= 4 is 19.6 Å². The van der Waals surface area contributed by atoms with E-state index in [1.165, 1.54) is 10.9 Å². The van der Waals surface area contributed by atoms with Crippen molar-refractivity contribution in [3.8, 4) is 11.3 Å². The molecule has 0 amide bonds. The van der Waals surface area contributed by atoms with Gasteiger partial charge in [-0.1, -0.05) is 5.21 Å². The average Bonchev–Trinajstić information content (AvgIpc) is 3.51. The Balaban J connectivity index is 1.27. The molecule has 10 atom stereocenters. The SMILES string of the molecule is NN/C(=C\NC1CC(C(=O)O)OC(P2C3O[C@H](CO)C(O)C(n4cc(-c5ccncc5)nn4)C32)C1O)c1cc(F)c(F)c(F)c1. The van der Waals surface area contributed by atoms with Gasteiger partial charge in [0, 0.05) is 41.8 Å². The zero-order valence-corrected chi connectivity index (χ0v) is 24.1. The molecule has 18 heteroatoms. The quantitative estimate of drug-likeness (QED) is 0.0716. The molecule has 0 saturated carbocycles. The molecular formula is C27H29F3N7O7P. The third-order valence-corrected chi connectivity index (χ3v) is 11.1. The van der Waals surface area contributed by atoms with Crippen LogP contribution in [0.2, 0.25) is 0 Å². The Morgan fingerprint density at radius 2 is 1.84 bits per heavy atom. The fourth-order valence-electron chi connectivity index (χ4n) is 5.83. The van der Waals surface area contributed by atoms with E-state index in [1.807, 2.05) is 0 Å². The fourth-order valence-corrected chi connectivity index (χ4v) is 9.24. The number of hydrazine groups is 1. The largest absolute Gasteiger partial charge is 0.479 e. The van der Waals surface area contributed by atoms with Crippen LogP contribution in [0.4, 0.5) is 13.2 Å². The molecule has 240 valence electrons. The number of ether oxygens (including phenoxy) is 2. The van der Waals surface area contributed by atoms with E-state index in [0.717, 1.165) is 17.7 Å². The Morgan fingerprint density at radius 3 is 2.49 bits per heavy atom. The van der Waals surface area contributed by atoms with Crippen LogP contribution in [0.25, 0.3) is 17.0 Å². The van der Waals surface area contributed by atoms with Gasteiger partial charge in [0.05, 0.1) is 36.4 Å². The minimum Gasteiger partial charge on any atom is -0.479 e. The number of carboxylic acids is 1. The van der Waals surface area contributed by atoms with E-state index in [9.17, 15) is 38.4 Å². The molecule has 3 fully saturated rings. The van der Waals surface area contributed by atoms with Gasteiger partial charge in [-0.2, -0.15) is 0 Å². The van der Waals surface area contributed by atoms with Crippen LogP contribution >= 0.6 is 7.92 Å². The standard InChI is InChI=1S/C27H29F3N7O7P/c28-13-5-12(6-14(29)20(13)30)16(34-31)8-33-15-7-18(25(41)42)43-26(22(15)39)45-24-21(23(40)19(10-38)44-27(24)45)37-9-17(35-36-37)11-1-3-32-4-2-11/h1-6,8-9,15,18-19,21-24,26-27,33-34,38-40H,7,10,31H2,(H,41,42)/b16-8-/t15?,18?,19-,21?,22?,23?,24?,26?,27?,45?/m1/s1. The Bertz CT molecular complexity index is 1560. The highest BCUT2D eigenvalue weighted by Gasteiger charge is 2.68. The summed E-state index contributed by atoms with van der Waals surface area (Å²) in [5.74, 6) is -1.93. The molecule has 3 aromatic rings. The maximum Gasteiger partial charge on any atom is 0.332 e. The number of aliphatic carboxylic acids is 1. The second-order valence-electron chi connectivity index (χ2n) is 10.8. The molecule has 0 bridgehead atoms. The van der Waals surface area contributed by atoms with E-state index in [0.29, 0.717) is 5.69 Å². The summed E-state index contributed by atoms with van der Waals surface area (Å²) in [6, 6.07) is 3.24. The normalized spacial score (nSPS) is 32.9. The van der Waals surface area contributed by atoms with Gasteiger partial charge in [0.2, 0.25) is 0 Å². The van der Waals surface area contributed by atoms with Gasteiger partial charge in [-0.25, -0.2) is 22.6 Å². The van der Waals surface area contributed by atoms with E-state index in [4.69, 9.17) is 15.3 Å². The predicted molar refractivity (Wildman–Crippen MR) is 150 cm³/mol. The number of aromatic nitrogens is 4. The van der Waals surface area contributed by atoms with Gasteiger partial charge in [0.15, 0.2) is 23.6 Å². The molecule has 5 heterocycles. The Morgan fingerprint density at radius 1 is 1.13 bits per heavy atom. The van der Waals surface area contributed by atoms with Crippen molar-refractivity contribution in [3.05, 3.63) is 72.1 Å². The maximum absolute atomic E-state index is 13.8. The first-order chi connectivity index (χ1) is 21.6. The molecule has 3 aliphatic rings. The lowest BCUT2D eigenvalue weighted by atomic mass is 10.00. The lowest BCUT2D eigenvalue weighted by Gasteiger charge is -2.38. The number of hydrogen-bond acceptors (Lipinski definition) is 12. The number of fused-ring (bicyclic) bond motifs is 1. The van der Waals surface area contributed by atoms with Crippen LogP contribution < -0.4 is 16.6 Å². The summed E-state index contributed by atoms with van der Waals surface area (Å²) in [7, 11) is -1.47. The van der Waals surface area contributed by atoms with Crippen LogP contribution in [0, 0.1) is 17.5 Å². The van der Waals surface area contributed by atoms with E-state index in [1.54, 1.807) is 30.7 Å². The number of nitrogens with zero attached hydrogens (tertiary/aromatic N) is 4. The van der Waals surface area contributed by atoms with Crippen molar-refractivity contribution in [2.45, 2.75) is 60.3 Å². The molecule has 8 N–H and O–H groups in total. The van der Waals surface area contributed by atoms with Crippen LogP contribution in [0.1, 0.15) is 18.0 Å². The topological polar surface area (TPSA) is 210 Å². The summed E-state index contributed by atoms with van der Waals surface area (Å²) < 4.78 is 54.5. The molecule has 6 rings (SSSR count). The molecule has 14 nitrogen and oxygen atoms in total. The third kappa shape index (κ3) is 5.88. The van der Waals surface area contributed by atoms with E-state index in [-0.39, 0.29) is 17.7 Å². The second kappa shape index (κ2) is 12.6. The number of hydrogen-bond donors (Lipinski definition) is 7. The summed E-state index contributed by atoms with van der Waals surface area (Å²) in [5.41, 5.74) is 2.83.